The summed E-state index contributed by atoms with van der Waals surface area (Å²) < 4.78 is 11.1. The molecule has 312 valence electrons. The van der Waals surface area contributed by atoms with Gasteiger partial charge in [0.05, 0.1) is 57.8 Å². The normalized spacial score (nSPS) is 12.3. The van der Waals surface area contributed by atoms with Gasteiger partial charge in [0.2, 0.25) is 6.33 Å². The molecule has 0 N–H and O–H groups in total. The van der Waals surface area contributed by atoms with Crippen LogP contribution in [0.4, 0.5) is 51.2 Å². The summed E-state index contributed by atoms with van der Waals surface area (Å²) in [5, 5.41) is 2.10. The van der Waals surface area contributed by atoms with Crippen LogP contribution in [0.25, 0.3) is 49.9 Å². The Morgan fingerprint density at radius 2 is 1.15 bits per heavy atom. The molecule has 11 aromatic rings. The molecular weight excluding hydrogens is 977 g/mol. The Morgan fingerprint density at radius 3 is 1.89 bits per heavy atom. The van der Waals surface area contributed by atoms with E-state index < -0.39 is 0 Å². The monoisotopic (exact) mass is 1020 g/mol. The molecule has 0 saturated heterocycles. The van der Waals surface area contributed by atoms with Crippen LogP contribution < -0.4 is 19.3 Å². The predicted molar refractivity (Wildman–Crippen MR) is 259 cm³/mol. The summed E-state index contributed by atoms with van der Waals surface area (Å²) in [5.41, 5.74) is 18.8. The van der Waals surface area contributed by atoms with Gasteiger partial charge in [-0.05, 0) is 85.8 Å². The van der Waals surface area contributed by atoms with E-state index >= 15 is 0 Å². The maximum Gasteiger partial charge on any atom is 3.00 e. The van der Waals surface area contributed by atoms with Crippen molar-refractivity contribution in [3.8, 4) is 16.9 Å². The molecule has 7 nitrogen and oxygen atoms in total. The topological polar surface area (TPSA) is 44.6 Å². The van der Waals surface area contributed by atoms with Gasteiger partial charge in [0.1, 0.15) is 11.3 Å². The number of aromatic nitrogens is 3. The Hall–Kier alpha value is -7.77. The van der Waals surface area contributed by atoms with E-state index in [4.69, 9.17) is 9.40 Å². The number of hydrogen-bond acceptors (Lipinski definition) is 5. The van der Waals surface area contributed by atoms with Gasteiger partial charge in [-0.3, -0.25) is 0 Å². The summed E-state index contributed by atoms with van der Waals surface area (Å²) in [5.74, 6) is 0. The summed E-state index contributed by atoms with van der Waals surface area (Å²) in [6.07, 6.45) is 5.20. The molecule has 0 aliphatic carbocycles. The number of hydrogen-bond donors (Lipinski definition) is 0. The molecule has 2 aliphatic heterocycles. The van der Waals surface area contributed by atoms with Crippen molar-refractivity contribution in [2.75, 3.05) is 14.7 Å². The van der Waals surface area contributed by atoms with Crippen LogP contribution in [0.5, 0.6) is 0 Å². The first-order valence-electron chi connectivity index (χ1n) is 21.5. The van der Waals surface area contributed by atoms with Crippen LogP contribution in [0.3, 0.4) is 0 Å². The van der Waals surface area contributed by atoms with Gasteiger partial charge in [0.15, 0.2) is 0 Å². The standard InChI is InChI=1S/C43H29N4O.C14H11N2.Ir/c1-27-25-34(44-26-28(27)2)33-18-11-17-31-32-23-24-39-41(43(32)48-42(31)33)46(30-15-7-4-8-16-30)38-22-12-21-37-40(38)47(39)36-20-10-9-19-35(36)45(37)29-13-5-3-6-14-29;1-15-11-16(12-7-3-2-4-8-12)14-10-6-5-9-13(14)15;/h3-17,19-26H,1-2H3;2-7,9-10H,1H3;/q2*-1;+3. The predicted octanol–water partition coefficient (Wildman–Crippen LogP) is 14.2. The van der Waals surface area contributed by atoms with Gasteiger partial charge in [-0.2, -0.15) is 30.3 Å². The van der Waals surface area contributed by atoms with Crippen molar-refractivity contribution < 1.29 is 29.1 Å². The molecule has 8 heteroatoms. The van der Waals surface area contributed by atoms with Crippen LogP contribution in [-0.4, -0.2) is 9.55 Å². The van der Waals surface area contributed by atoms with E-state index in [1.54, 1.807) is 0 Å². The van der Waals surface area contributed by atoms with Gasteiger partial charge in [0, 0.05) is 23.0 Å². The molecule has 8 aromatic carbocycles. The van der Waals surface area contributed by atoms with Gasteiger partial charge in [0.25, 0.3) is 0 Å². The van der Waals surface area contributed by atoms with Gasteiger partial charge in [-0.25, -0.2) is 0 Å². The number of imidazole rings is 1. The van der Waals surface area contributed by atoms with E-state index in [9.17, 15) is 0 Å². The van der Waals surface area contributed by atoms with Crippen molar-refractivity contribution in [2.45, 2.75) is 13.8 Å². The molecule has 13 rings (SSSR count). The van der Waals surface area contributed by atoms with Crippen molar-refractivity contribution in [3.05, 3.63) is 218 Å². The van der Waals surface area contributed by atoms with Crippen LogP contribution in [0.15, 0.2) is 193 Å². The Kier molecular flexibility index (Phi) is 9.91. The number of rotatable bonds is 4. The average Bonchev–Trinajstić information content (AvgIpc) is 3.91. The molecule has 0 amide bonds. The van der Waals surface area contributed by atoms with E-state index in [0.717, 1.165) is 101 Å². The molecule has 65 heavy (non-hydrogen) atoms. The number of nitrogens with zero attached hydrogens (tertiary/aromatic N) is 6. The Labute approximate surface area is 391 Å². The number of fused-ring (bicyclic) bond motifs is 9. The van der Waals surface area contributed by atoms with E-state index in [1.165, 1.54) is 11.1 Å². The number of furan rings is 1. The minimum absolute atomic E-state index is 0. The van der Waals surface area contributed by atoms with Crippen molar-refractivity contribution in [3.63, 3.8) is 0 Å². The summed E-state index contributed by atoms with van der Waals surface area (Å²) in [7, 11) is 2.00. The smallest absolute Gasteiger partial charge is 0.498 e. The quantitative estimate of drug-likeness (QED) is 0.130. The molecular formula is C57H40IrN6O+. The molecule has 3 aromatic heterocycles. The van der Waals surface area contributed by atoms with E-state index in [2.05, 4.69) is 187 Å². The first-order chi connectivity index (χ1) is 31.5. The minimum atomic E-state index is 0. The molecule has 0 bridgehead atoms. The van der Waals surface area contributed by atoms with Crippen LogP contribution in [0, 0.1) is 32.3 Å². The van der Waals surface area contributed by atoms with Gasteiger partial charge in [-0.1, -0.05) is 107 Å². The molecule has 0 radical (unpaired) electrons. The molecule has 5 heterocycles. The fourth-order valence-corrected chi connectivity index (χ4v) is 9.30. The van der Waals surface area contributed by atoms with Crippen LogP contribution in [-0.2, 0) is 27.2 Å². The van der Waals surface area contributed by atoms with E-state index in [1.807, 2.05) is 64.8 Å². The number of aryl methyl sites for hydroxylation is 3. The van der Waals surface area contributed by atoms with E-state index in [-0.39, 0.29) is 20.1 Å². The Morgan fingerprint density at radius 1 is 0.523 bits per heavy atom. The second-order valence-corrected chi connectivity index (χ2v) is 16.2. The van der Waals surface area contributed by atoms with Crippen molar-refractivity contribution >= 4 is 84.2 Å². The number of benzene rings is 8. The molecule has 0 unspecified atom stereocenters. The van der Waals surface area contributed by atoms with E-state index in [0.29, 0.717) is 0 Å². The zero-order valence-electron chi connectivity index (χ0n) is 35.8. The van der Waals surface area contributed by atoms with Crippen molar-refractivity contribution in [1.82, 2.24) is 9.55 Å². The number of anilines is 9. The molecule has 0 atom stereocenters. The van der Waals surface area contributed by atoms with Crippen LogP contribution >= 0.6 is 0 Å². The zero-order valence-corrected chi connectivity index (χ0v) is 38.2. The fraction of sp³-hybridized carbons (Fsp3) is 0.0526. The third-order valence-electron chi connectivity index (χ3n) is 12.4. The summed E-state index contributed by atoms with van der Waals surface area (Å²) in [4.78, 5) is 11.9. The summed E-state index contributed by atoms with van der Waals surface area (Å²) >= 11 is 0. The largest absolute Gasteiger partial charge is 3.00 e. The SMILES string of the molecule is C[n+]1[c-]n(-c2[c-]cccc2)c2ccccc21.Cc1cnc(-c2[c-]ccc3c2oc2c4c(ccc23)N2c3ccccc3N(c3ccccc3)c3cccc(c32)N4c2ccccc2)cc1C.[Ir+3]. The van der Waals surface area contributed by atoms with Crippen molar-refractivity contribution in [1.29, 1.82) is 0 Å². The zero-order chi connectivity index (χ0) is 42.9. The Bertz CT molecular complexity index is 3570. The average molecular weight is 1020 g/mol. The van der Waals surface area contributed by atoms with Crippen LogP contribution in [0.1, 0.15) is 11.1 Å². The molecule has 2 aliphatic rings. The third kappa shape index (κ3) is 6.44. The third-order valence-corrected chi connectivity index (χ3v) is 12.4. The van der Waals surface area contributed by atoms with Gasteiger partial charge < -0.3 is 33.2 Å². The summed E-state index contributed by atoms with van der Waals surface area (Å²) in [6.45, 7) is 4.21. The minimum Gasteiger partial charge on any atom is -0.498 e. The van der Waals surface area contributed by atoms with Gasteiger partial charge in [-0.15, -0.1) is 18.2 Å². The molecule has 0 saturated carbocycles. The van der Waals surface area contributed by atoms with Gasteiger partial charge >= 0.3 is 20.1 Å². The molecule has 0 fully saturated rings. The second-order valence-electron chi connectivity index (χ2n) is 16.2. The Balaban J connectivity index is 0.000000233. The summed E-state index contributed by atoms with van der Waals surface area (Å²) in [6, 6.07) is 70.0. The number of pyridine rings is 1. The maximum absolute atomic E-state index is 7.04. The maximum atomic E-state index is 7.04. The first kappa shape index (κ1) is 40.0. The van der Waals surface area contributed by atoms with Crippen LogP contribution in [0.2, 0.25) is 0 Å². The van der Waals surface area contributed by atoms with Crippen molar-refractivity contribution in [2.24, 2.45) is 7.05 Å². The number of para-hydroxylation sites is 8. The fourth-order valence-electron chi connectivity index (χ4n) is 9.30. The molecule has 0 spiro atoms. The first-order valence-corrected chi connectivity index (χ1v) is 21.5. The second kappa shape index (κ2) is 16.1.